The molecular formula is C22H21NO4S. The third-order valence-corrected chi connectivity index (χ3v) is 6.12. The van der Waals surface area contributed by atoms with Crippen LogP contribution < -0.4 is 4.31 Å². The quantitative estimate of drug-likeness (QED) is 0.588. The summed E-state index contributed by atoms with van der Waals surface area (Å²) in [6.07, 6.45) is 0. The first kappa shape index (κ1) is 19.6. The van der Waals surface area contributed by atoms with Crippen LogP contribution in [0.3, 0.4) is 0 Å². The highest BCUT2D eigenvalue weighted by Crippen LogP contribution is 2.22. The van der Waals surface area contributed by atoms with Gasteiger partial charge in [-0.2, -0.15) is 0 Å². The minimum absolute atomic E-state index is 0.106. The molecule has 0 heterocycles. The van der Waals surface area contributed by atoms with E-state index in [1.165, 1.54) is 35.6 Å². The molecule has 0 radical (unpaired) electrons. The van der Waals surface area contributed by atoms with E-state index in [-0.39, 0.29) is 11.5 Å². The Bertz CT molecular complexity index is 1060. The monoisotopic (exact) mass is 395 g/mol. The van der Waals surface area contributed by atoms with Crippen LogP contribution in [0.5, 0.6) is 0 Å². The highest BCUT2D eigenvalue weighted by atomic mass is 32.2. The van der Waals surface area contributed by atoms with Crippen LogP contribution in [0.25, 0.3) is 0 Å². The Hall–Kier alpha value is -3.12. The zero-order valence-corrected chi connectivity index (χ0v) is 16.5. The molecule has 0 unspecified atom stereocenters. The number of para-hydroxylation sites is 1. The van der Waals surface area contributed by atoms with Crippen LogP contribution in [0, 0.1) is 6.92 Å². The fourth-order valence-electron chi connectivity index (χ4n) is 2.73. The van der Waals surface area contributed by atoms with Gasteiger partial charge >= 0.3 is 5.97 Å². The lowest BCUT2D eigenvalue weighted by Gasteiger charge is -2.19. The zero-order chi connectivity index (χ0) is 20.1. The van der Waals surface area contributed by atoms with E-state index in [0.29, 0.717) is 11.3 Å². The summed E-state index contributed by atoms with van der Waals surface area (Å²) in [6.45, 7) is 2.13. The van der Waals surface area contributed by atoms with Gasteiger partial charge in [-0.15, -0.1) is 0 Å². The maximum atomic E-state index is 12.8. The van der Waals surface area contributed by atoms with Crippen molar-refractivity contribution >= 4 is 21.7 Å². The Kier molecular flexibility index (Phi) is 5.80. The number of carbonyl (C=O) groups excluding carboxylic acids is 1. The molecular weight excluding hydrogens is 374 g/mol. The molecule has 0 aliphatic carbocycles. The van der Waals surface area contributed by atoms with Gasteiger partial charge in [0.2, 0.25) is 0 Å². The van der Waals surface area contributed by atoms with E-state index >= 15 is 0 Å². The fraction of sp³-hybridized carbons (Fsp3) is 0.136. The number of carbonyl (C=O) groups is 1. The third kappa shape index (κ3) is 4.40. The van der Waals surface area contributed by atoms with Crippen LogP contribution in [0.2, 0.25) is 0 Å². The highest BCUT2D eigenvalue weighted by molar-refractivity contribution is 7.92. The van der Waals surface area contributed by atoms with E-state index in [4.69, 9.17) is 4.74 Å². The molecule has 0 saturated heterocycles. The summed E-state index contributed by atoms with van der Waals surface area (Å²) in [6, 6.07) is 22.3. The Morgan fingerprint density at radius 3 is 2.25 bits per heavy atom. The molecule has 0 bridgehead atoms. The van der Waals surface area contributed by atoms with E-state index in [1.54, 1.807) is 24.3 Å². The number of benzene rings is 3. The van der Waals surface area contributed by atoms with Crippen molar-refractivity contribution in [3.8, 4) is 0 Å². The summed E-state index contributed by atoms with van der Waals surface area (Å²) in [5.41, 5.74) is 2.85. The second kappa shape index (κ2) is 8.27. The van der Waals surface area contributed by atoms with E-state index in [2.05, 4.69) is 0 Å². The summed E-state index contributed by atoms with van der Waals surface area (Å²) >= 11 is 0. The summed E-state index contributed by atoms with van der Waals surface area (Å²) in [7, 11) is -2.22. The Morgan fingerprint density at radius 2 is 1.61 bits per heavy atom. The number of ether oxygens (including phenoxy) is 1. The predicted octanol–water partition coefficient (Wildman–Crippen LogP) is 4.18. The number of hydrogen-bond acceptors (Lipinski definition) is 4. The number of aryl methyl sites for hydroxylation is 1. The van der Waals surface area contributed by atoms with Gasteiger partial charge in [-0.1, -0.05) is 48.0 Å². The maximum absolute atomic E-state index is 12.8. The minimum atomic E-state index is -3.71. The van der Waals surface area contributed by atoms with Gasteiger partial charge in [-0.25, -0.2) is 13.2 Å². The Morgan fingerprint density at radius 1 is 0.929 bits per heavy atom. The van der Waals surface area contributed by atoms with Crippen LogP contribution in [-0.2, 0) is 21.4 Å². The molecule has 3 aromatic carbocycles. The van der Waals surface area contributed by atoms with Crippen LogP contribution in [0.4, 0.5) is 5.69 Å². The third-order valence-electron chi connectivity index (χ3n) is 4.32. The van der Waals surface area contributed by atoms with Gasteiger partial charge < -0.3 is 4.74 Å². The molecule has 0 saturated carbocycles. The molecule has 0 aromatic heterocycles. The topological polar surface area (TPSA) is 63.7 Å². The van der Waals surface area contributed by atoms with Gasteiger partial charge in [0.15, 0.2) is 0 Å². The molecule has 144 valence electrons. The van der Waals surface area contributed by atoms with Gasteiger partial charge in [0.05, 0.1) is 16.1 Å². The Balaban J connectivity index is 1.71. The fourth-order valence-corrected chi connectivity index (χ4v) is 3.93. The first-order valence-electron chi connectivity index (χ1n) is 8.74. The second-order valence-corrected chi connectivity index (χ2v) is 8.37. The lowest BCUT2D eigenvalue weighted by molar-refractivity contribution is 0.0472. The summed E-state index contributed by atoms with van der Waals surface area (Å²) < 4.78 is 32.1. The average molecular weight is 395 g/mol. The van der Waals surface area contributed by atoms with Crippen molar-refractivity contribution in [2.24, 2.45) is 0 Å². The van der Waals surface area contributed by atoms with Crippen LogP contribution in [0.15, 0.2) is 83.8 Å². The van der Waals surface area contributed by atoms with Crippen molar-refractivity contribution in [2.45, 2.75) is 18.4 Å². The molecule has 0 spiro atoms. The smallest absolute Gasteiger partial charge is 0.338 e. The van der Waals surface area contributed by atoms with Crippen molar-refractivity contribution in [1.29, 1.82) is 0 Å². The van der Waals surface area contributed by atoms with E-state index in [0.717, 1.165) is 11.1 Å². The molecule has 0 aliphatic rings. The number of esters is 1. The highest BCUT2D eigenvalue weighted by Gasteiger charge is 2.21. The van der Waals surface area contributed by atoms with Crippen molar-refractivity contribution < 1.29 is 17.9 Å². The predicted molar refractivity (Wildman–Crippen MR) is 109 cm³/mol. The lowest BCUT2D eigenvalue weighted by atomic mass is 10.1. The molecule has 0 atom stereocenters. The van der Waals surface area contributed by atoms with Crippen LogP contribution in [-0.4, -0.2) is 21.4 Å². The number of anilines is 1. The van der Waals surface area contributed by atoms with Gasteiger partial charge in [-0.3, -0.25) is 4.31 Å². The summed E-state index contributed by atoms with van der Waals surface area (Å²) in [4.78, 5) is 12.3. The van der Waals surface area contributed by atoms with Gasteiger partial charge in [0.25, 0.3) is 10.0 Å². The lowest BCUT2D eigenvalue weighted by Crippen LogP contribution is -2.26. The first-order chi connectivity index (χ1) is 13.4. The van der Waals surface area contributed by atoms with E-state index in [1.807, 2.05) is 37.3 Å². The van der Waals surface area contributed by atoms with E-state index in [9.17, 15) is 13.2 Å². The van der Waals surface area contributed by atoms with E-state index < -0.39 is 16.0 Å². The van der Waals surface area contributed by atoms with Crippen molar-refractivity contribution in [3.63, 3.8) is 0 Å². The molecule has 5 nitrogen and oxygen atoms in total. The van der Waals surface area contributed by atoms with Gasteiger partial charge in [0, 0.05) is 7.05 Å². The van der Waals surface area contributed by atoms with Crippen LogP contribution >= 0.6 is 0 Å². The van der Waals surface area contributed by atoms with Crippen molar-refractivity contribution in [2.75, 3.05) is 11.4 Å². The number of rotatable bonds is 6. The molecule has 3 rings (SSSR count). The Labute approximate surface area is 165 Å². The molecule has 3 aromatic rings. The molecule has 0 aliphatic heterocycles. The van der Waals surface area contributed by atoms with Gasteiger partial charge in [0.1, 0.15) is 6.61 Å². The number of nitrogens with zero attached hydrogens (tertiary/aromatic N) is 1. The standard InChI is InChI=1S/C22H21NO4S/c1-17-7-6-8-18(15-17)16-27-22(24)19-11-13-21(14-12-19)28(25,26)23(2)20-9-4-3-5-10-20/h3-15H,16H2,1-2H3. The molecule has 0 fully saturated rings. The largest absolute Gasteiger partial charge is 0.457 e. The maximum Gasteiger partial charge on any atom is 0.338 e. The zero-order valence-electron chi connectivity index (χ0n) is 15.7. The normalized spacial score (nSPS) is 11.1. The average Bonchev–Trinajstić information content (AvgIpc) is 2.72. The molecule has 28 heavy (non-hydrogen) atoms. The first-order valence-corrected chi connectivity index (χ1v) is 10.2. The van der Waals surface area contributed by atoms with Gasteiger partial charge in [-0.05, 0) is 48.9 Å². The number of sulfonamides is 1. The minimum Gasteiger partial charge on any atom is -0.457 e. The van der Waals surface area contributed by atoms with Crippen molar-refractivity contribution in [1.82, 2.24) is 0 Å². The van der Waals surface area contributed by atoms with Crippen LogP contribution in [0.1, 0.15) is 21.5 Å². The summed E-state index contributed by atoms with van der Waals surface area (Å²) in [5.74, 6) is -0.498. The van der Waals surface area contributed by atoms with Crippen molar-refractivity contribution in [3.05, 3.63) is 95.6 Å². The molecule has 0 amide bonds. The number of hydrogen-bond donors (Lipinski definition) is 0. The summed E-state index contributed by atoms with van der Waals surface area (Å²) in [5, 5.41) is 0. The molecule has 6 heteroatoms. The molecule has 0 N–H and O–H groups in total. The SMILES string of the molecule is Cc1cccc(COC(=O)c2ccc(S(=O)(=O)N(C)c3ccccc3)cc2)c1. The second-order valence-electron chi connectivity index (χ2n) is 6.40.